The highest BCUT2D eigenvalue weighted by Gasteiger charge is 2.62. The molecule has 1 unspecified atom stereocenters. The zero-order valence-corrected chi connectivity index (χ0v) is 19.3. The molecule has 3 saturated carbocycles. The van der Waals surface area contributed by atoms with Crippen LogP contribution in [0.5, 0.6) is 0 Å². The van der Waals surface area contributed by atoms with Gasteiger partial charge in [0.15, 0.2) is 5.78 Å². The monoisotopic (exact) mass is 398 g/mol. The van der Waals surface area contributed by atoms with Gasteiger partial charge in [-0.3, -0.25) is 4.79 Å². The zero-order valence-electron chi connectivity index (χ0n) is 19.3. The van der Waals surface area contributed by atoms with Gasteiger partial charge in [-0.05, 0) is 98.0 Å². The average molecular weight is 399 g/mol. The summed E-state index contributed by atoms with van der Waals surface area (Å²) in [5, 5.41) is 0. The molecule has 3 fully saturated rings. The molecule has 29 heavy (non-hydrogen) atoms. The van der Waals surface area contributed by atoms with E-state index in [1.54, 1.807) is 0 Å². The van der Waals surface area contributed by atoms with Crippen molar-refractivity contribution in [2.75, 3.05) is 0 Å². The molecule has 4 aliphatic rings. The molecule has 0 spiro atoms. The van der Waals surface area contributed by atoms with Crippen LogP contribution in [-0.4, -0.2) is 12.1 Å². The highest BCUT2D eigenvalue weighted by Crippen LogP contribution is 2.68. The first-order chi connectivity index (χ1) is 13.9. The molecule has 2 heteroatoms. The Kier molecular flexibility index (Phi) is 5.86. The summed E-state index contributed by atoms with van der Waals surface area (Å²) >= 11 is 0. The lowest BCUT2D eigenvalue weighted by atomic mass is 9.44. The summed E-state index contributed by atoms with van der Waals surface area (Å²) in [5.74, 6) is 3.31. The number of carbonyl (C=O) groups excluding carboxylic acids is 2. The second-order valence-corrected chi connectivity index (χ2v) is 11.3. The van der Waals surface area contributed by atoms with Crippen molar-refractivity contribution in [2.24, 2.45) is 40.4 Å². The summed E-state index contributed by atoms with van der Waals surface area (Å²) in [6.07, 6.45) is 16.2. The summed E-state index contributed by atoms with van der Waals surface area (Å²) in [6, 6.07) is 0. The molecule has 0 aliphatic heterocycles. The van der Waals surface area contributed by atoms with Crippen LogP contribution in [-0.2, 0) is 9.59 Å². The first kappa shape index (κ1) is 21.3. The summed E-state index contributed by atoms with van der Waals surface area (Å²) in [6.45, 7) is 9.07. The van der Waals surface area contributed by atoms with E-state index < -0.39 is 0 Å². The highest BCUT2D eigenvalue weighted by molar-refractivity contribution is 5.98. The molecule has 2 nitrogen and oxygen atoms in total. The van der Waals surface area contributed by atoms with Crippen molar-refractivity contribution in [1.29, 1.82) is 0 Å². The van der Waals surface area contributed by atoms with Crippen molar-refractivity contribution < 1.29 is 9.59 Å². The van der Waals surface area contributed by atoms with Crippen molar-refractivity contribution >= 4 is 12.1 Å². The maximum Gasteiger partial charge on any atom is 0.158 e. The number of aldehydes is 1. The van der Waals surface area contributed by atoms with Gasteiger partial charge in [-0.25, -0.2) is 0 Å². The number of unbranched alkanes of at least 4 members (excludes halogenated alkanes) is 3. The van der Waals surface area contributed by atoms with Gasteiger partial charge >= 0.3 is 0 Å². The van der Waals surface area contributed by atoms with Crippen molar-refractivity contribution in [2.45, 2.75) is 105 Å². The maximum atomic E-state index is 12.7. The van der Waals surface area contributed by atoms with Crippen LogP contribution in [0, 0.1) is 40.4 Å². The molecule has 162 valence electrons. The lowest BCUT2D eigenvalue weighted by Gasteiger charge is -2.59. The van der Waals surface area contributed by atoms with Gasteiger partial charge in [0.05, 0.1) is 5.41 Å². The third-order valence-corrected chi connectivity index (χ3v) is 10.3. The molecule has 0 heterocycles. The number of ketones is 1. The summed E-state index contributed by atoms with van der Waals surface area (Å²) in [7, 11) is 0. The van der Waals surface area contributed by atoms with Gasteiger partial charge in [0, 0.05) is 6.42 Å². The summed E-state index contributed by atoms with van der Waals surface area (Å²) < 4.78 is 0. The topological polar surface area (TPSA) is 34.1 Å². The molecule has 0 N–H and O–H groups in total. The van der Waals surface area contributed by atoms with Gasteiger partial charge < -0.3 is 4.79 Å². The Balaban J connectivity index is 1.59. The number of rotatable bonds is 6. The minimum Gasteiger partial charge on any atom is -0.302 e. The van der Waals surface area contributed by atoms with Gasteiger partial charge in [-0.1, -0.05) is 46.5 Å². The first-order valence-electron chi connectivity index (χ1n) is 12.6. The molecule has 0 saturated heterocycles. The molecule has 0 aromatic carbocycles. The van der Waals surface area contributed by atoms with Crippen molar-refractivity contribution in [3.05, 3.63) is 11.1 Å². The van der Waals surface area contributed by atoms with Gasteiger partial charge in [-0.15, -0.1) is 0 Å². The van der Waals surface area contributed by atoms with Gasteiger partial charge in [0.25, 0.3) is 0 Å². The Morgan fingerprint density at radius 2 is 1.86 bits per heavy atom. The van der Waals surface area contributed by atoms with Crippen LogP contribution in [0.25, 0.3) is 0 Å². The maximum absolute atomic E-state index is 12.7. The predicted molar refractivity (Wildman–Crippen MR) is 119 cm³/mol. The highest BCUT2D eigenvalue weighted by atomic mass is 16.1. The second kappa shape index (κ2) is 7.97. The van der Waals surface area contributed by atoms with Crippen LogP contribution < -0.4 is 0 Å². The van der Waals surface area contributed by atoms with E-state index in [0.29, 0.717) is 23.7 Å². The predicted octanol–water partition coefficient (Wildman–Crippen LogP) is 6.92. The van der Waals surface area contributed by atoms with Crippen LogP contribution in [0.2, 0.25) is 0 Å². The Hall–Kier alpha value is -0.920. The second-order valence-electron chi connectivity index (χ2n) is 11.3. The van der Waals surface area contributed by atoms with E-state index in [1.165, 1.54) is 76.1 Å². The fourth-order valence-electron chi connectivity index (χ4n) is 8.65. The third kappa shape index (κ3) is 3.10. The third-order valence-electron chi connectivity index (χ3n) is 10.3. The fraction of sp³-hybridized carbons (Fsp3) is 0.852. The largest absolute Gasteiger partial charge is 0.302 e. The lowest BCUT2D eigenvalue weighted by Crippen LogP contribution is -2.55. The minimum atomic E-state index is -0.346. The van der Waals surface area contributed by atoms with Crippen LogP contribution in [0.3, 0.4) is 0 Å². The van der Waals surface area contributed by atoms with E-state index in [2.05, 4.69) is 20.8 Å². The molecule has 0 aromatic heterocycles. The Labute approximate surface area is 178 Å². The molecule has 4 aliphatic carbocycles. The Bertz CT molecular complexity index is 691. The van der Waals surface area contributed by atoms with Crippen LogP contribution in [0.15, 0.2) is 11.1 Å². The van der Waals surface area contributed by atoms with E-state index in [-0.39, 0.29) is 17.1 Å². The molecule has 0 radical (unpaired) electrons. The van der Waals surface area contributed by atoms with Crippen LogP contribution in [0.1, 0.15) is 105 Å². The average Bonchev–Trinajstić information content (AvgIpc) is 3.05. The fourth-order valence-corrected chi connectivity index (χ4v) is 8.65. The number of carbonyl (C=O) groups is 2. The summed E-state index contributed by atoms with van der Waals surface area (Å²) in [4.78, 5) is 25.3. The molecular weight excluding hydrogens is 356 g/mol. The number of hydrogen-bond donors (Lipinski definition) is 0. The smallest absolute Gasteiger partial charge is 0.158 e. The lowest BCUT2D eigenvalue weighted by molar-refractivity contribution is -0.135. The molecule has 0 bridgehead atoms. The van der Waals surface area contributed by atoms with E-state index in [4.69, 9.17) is 0 Å². The minimum absolute atomic E-state index is 0.176. The Morgan fingerprint density at radius 3 is 2.59 bits per heavy atom. The molecule has 4 rings (SSSR count). The quantitative estimate of drug-likeness (QED) is 0.359. The number of allylic oxidation sites excluding steroid dienone is 1. The van der Waals surface area contributed by atoms with E-state index in [0.717, 1.165) is 23.8 Å². The molecule has 0 amide bonds. The molecule has 7 atom stereocenters. The van der Waals surface area contributed by atoms with Crippen molar-refractivity contribution in [3.8, 4) is 0 Å². The molecular formula is C27H42O2. The normalized spacial score (nSPS) is 44.3. The van der Waals surface area contributed by atoms with E-state index >= 15 is 0 Å². The Morgan fingerprint density at radius 1 is 1.07 bits per heavy atom. The zero-order chi connectivity index (χ0) is 20.8. The standard InChI is InChI=1S/C27H42O2/c1-5-6-7-8-9-20-10-12-23-21-11-13-22-19(3)25(29)16-18(2)27(22,17-28)24(21)14-15-26(20,23)4/h17-18,20-21,23-24H,5-16H2,1-4H3/t18?,20-,21+,23+,24+,26-,27+/m1/s1. The van der Waals surface area contributed by atoms with Crippen LogP contribution in [0.4, 0.5) is 0 Å². The van der Waals surface area contributed by atoms with E-state index in [1.807, 2.05) is 6.92 Å². The molecule has 0 aromatic rings. The number of Topliss-reactive ketones (excluding diaryl/α,β-unsaturated/α-hetero) is 1. The van der Waals surface area contributed by atoms with Gasteiger partial charge in [0.1, 0.15) is 6.29 Å². The van der Waals surface area contributed by atoms with Gasteiger partial charge in [-0.2, -0.15) is 0 Å². The van der Waals surface area contributed by atoms with E-state index in [9.17, 15) is 9.59 Å². The summed E-state index contributed by atoms with van der Waals surface area (Å²) in [5.41, 5.74) is 2.31. The SMILES string of the molecule is CCCCCC[C@@H]1CC[C@H]2[C@@H]3CCC4=C(C)C(=O)CC(C)[C@]4(C=O)[C@H]3CC[C@]12C. The van der Waals surface area contributed by atoms with Crippen molar-refractivity contribution in [3.63, 3.8) is 0 Å². The first-order valence-corrected chi connectivity index (χ1v) is 12.6. The number of fused-ring (bicyclic) bond motifs is 5. The van der Waals surface area contributed by atoms with Crippen LogP contribution >= 0.6 is 0 Å². The van der Waals surface area contributed by atoms with Gasteiger partial charge in [0.2, 0.25) is 0 Å². The van der Waals surface area contributed by atoms with Crippen molar-refractivity contribution in [1.82, 2.24) is 0 Å². The number of hydrogen-bond acceptors (Lipinski definition) is 2.